The van der Waals surface area contributed by atoms with Crippen LogP contribution in [-0.4, -0.2) is 35.3 Å². The molecule has 1 aromatic rings. The summed E-state index contributed by atoms with van der Waals surface area (Å²) in [5, 5.41) is 5.38. The van der Waals surface area contributed by atoms with E-state index in [1.54, 1.807) is 24.3 Å². The molecule has 1 atom stereocenters. The zero-order chi connectivity index (χ0) is 14.4. The highest BCUT2D eigenvalue weighted by Crippen LogP contribution is 2.19. The second-order valence-electron chi connectivity index (χ2n) is 4.45. The van der Waals surface area contributed by atoms with Crippen molar-refractivity contribution < 1.29 is 14.4 Å². The Hall–Kier alpha value is -1.82. The van der Waals surface area contributed by atoms with Crippen LogP contribution in [0.5, 0.6) is 0 Å². The van der Waals surface area contributed by atoms with E-state index in [2.05, 4.69) is 10.6 Å². The topological polar surface area (TPSA) is 75.3 Å². The third kappa shape index (κ3) is 4.09. The lowest BCUT2D eigenvalue weighted by Crippen LogP contribution is -2.39. The molecule has 0 spiro atoms. The highest BCUT2D eigenvalue weighted by atomic mass is 32.2. The summed E-state index contributed by atoms with van der Waals surface area (Å²) >= 11 is 1.25. The molecular formula is C14H16N2O3S. The summed E-state index contributed by atoms with van der Waals surface area (Å²) in [4.78, 5) is 34.7. The Balaban J connectivity index is 1.69. The SMILES string of the molecule is O=C(CCNC(=O)c1ccccc1)NC1CCSC1=O. The third-order valence-electron chi connectivity index (χ3n) is 2.94. The zero-order valence-corrected chi connectivity index (χ0v) is 11.7. The molecule has 1 fully saturated rings. The largest absolute Gasteiger partial charge is 0.352 e. The monoisotopic (exact) mass is 292 g/mol. The molecule has 5 nitrogen and oxygen atoms in total. The highest BCUT2D eigenvalue weighted by Gasteiger charge is 2.26. The summed E-state index contributed by atoms with van der Waals surface area (Å²) in [6.07, 6.45) is 0.860. The smallest absolute Gasteiger partial charge is 0.251 e. The molecule has 0 aromatic heterocycles. The predicted octanol–water partition coefficient (Wildman–Crippen LogP) is 0.955. The molecule has 0 radical (unpaired) electrons. The van der Waals surface area contributed by atoms with Crippen molar-refractivity contribution in [2.45, 2.75) is 18.9 Å². The van der Waals surface area contributed by atoms with E-state index in [0.29, 0.717) is 12.0 Å². The number of rotatable bonds is 5. The maximum absolute atomic E-state index is 11.7. The maximum Gasteiger partial charge on any atom is 0.251 e. The average molecular weight is 292 g/mol. The molecule has 1 saturated heterocycles. The molecule has 2 N–H and O–H groups in total. The highest BCUT2D eigenvalue weighted by molar-refractivity contribution is 8.14. The van der Waals surface area contributed by atoms with Gasteiger partial charge in [0.1, 0.15) is 0 Å². The molecule has 0 aliphatic carbocycles. The number of nitrogens with one attached hydrogen (secondary N) is 2. The van der Waals surface area contributed by atoms with E-state index in [1.165, 1.54) is 11.8 Å². The van der Waals surface area contributed by atoms with Crippen LogP contribution < -0.4 is 10.6 Å². The standard InChI is InChI=1S/C14H16N2O3S/c17-12(16-11-7-9-20-14(11)19)6-8-15-13(18)10-4-2-1-3-5-10/h1-5,11H,6-9H2,(H,15,18)(H,16,17). The first-order valence-corrected chi connectivity index (χ1v) is 7.44. The molecule has 1 aliphatic rings. The van der Waals surface area contributed by atoms with E-state index in [4.69, 9.17) is 0 Å². The Kier molecular flexibility index (Phi) is 5.17. The minimum Gasteiger partial charge on any atom is -0.352 e. The molecule has 1 unspecified atom stereocenters. The summed E-state index contributed by atoms with van der Waals surface area (Å²) in [6, 6.07) is 8.46. The average Bonchev–Trinajstić information content (AvgIpc) is 2.85. The fourth-order valence-corrected chi connectivity index (χ4v) is 2.81. The summed E-state index contributed by atoms with van der Waals surface area (Å²) in [5.41, 5.74) is 0.565. The summed E-state index contributed by atoms with van der Waals surface area (Å²) in [5.74, 6) is 0.347. The minimum atomic E-state index is -0.364. The van der Waals surface area contributed by atoms with Gasteiger partial charge in [-0.2, -0.15) is 0 Å². The first-order valence-electron chi connectivity index (χ1n) is 6.46. The second-order valence-corrected chi connectivity index (χ2v) is 5.55. The fourth-order valence-electron chi connectivity index (χ4n) is 1.87. The van der Waals surface area contributed by atoms with Gasteiger partial charge >= 0.3 is 0 Å². The van der Waals surface area contributed by atoms with E-state index in [9.17, 15) is 14.4 Å². The lowest BCUT2D eigenvalue weighted by atomic mass is 10.2. The van der Waals surface area contributed by atoms with Gasteiger partial charge in [-0.05, 0) is 18.6 Å². The van der Waals surface area contributed by atoms with Crippen LogP contribution in [0.15, 0.2) is 30.3 Å². The first kappa shape index (κ1) is 14.6. The van der Waals surface area contributed by atoms with Crippen molar-refractivity contribution in [2.24, 2.45) is 0 Å². The van der Waals surface area contributed by atoms with Crippen LogP contribution in [0.3, 0.4) is 0 Å². The van der Waals surface area contributed by atoms with Gasteiger partial charge in [0.05, 0.1) is 6.04 Å². The second kappa shape index (κ2) is 7.09. The number of carbonyl (C=O) groups excluding carboxylic acids is 3. The van der Waals surface area contributed by atoms with E-state index in [0.717, 1.165) is 5.75 Å². The molecule has 20 heavy (non-hydrogen) atoms. The minimum absolute atomic E-state index is 0.0201. The number of hydrogen-bond donors (Lipinski definition) is 2. The van der Waals surface area contributed by atoms with Gasteiger partial charge in [0.15, 0.2) is 0 Å². The quantitative estimate of drug-likeness (QED) is 0.847. The first-order chi connectivity index (χ1) is 9.66. The fraction of sp³-hybridized carbons (Fsp3) is 0.357. The van der Waals surface area contributed by atoms with E-state index < -0.39 is 0 Å². The van der Waals surface area contributed by atoms with Crippen molar-refractivity contribution in [3.05, 3.63) is 35.9 Å². The lowest BCUT2D eigenvalue weighted by molar-refractivity contribution is -0.124. The summed E-state index contributed by atoms with van der Waals surface area (Å²) in [6.45, 7) is 0.258. The molecule has 1 aromatic carbocycles. The zero-order valence-electron chi connectivity index (χ0n) is 10.9. The van der Waals surface area contributed by atoms with Crippen molar-refractivity contribution in [2.75, 3.05) is 12.3 Å². The van der Waals surface area contributed by atoms with E-state index in [-0.39, 0.29) is 35.9 Å². The molecule has 1 heterocycles. The van der Waals surface area contributed by atoms with Gasteiger partial charge in [0, 0.05) is 24.3 Å². The molecule has 6 heteroatoms. The van der Waals surface area contributed by atoms with Crippen LogP contribution in [0.25, 0.3) is 0 Å². The van der Waals surface area contributed by atoms with Gasteiger partial charge in [-0.3, -0.25) is 14.4 Å². The molecule has 2 rings (SSSR count). The van der Waals surface area contributed by atoms with E-state index >= 15 is 0 Å². The Morgan fingerprint density at radius 2 is 2.00 bits per heavy atom. The van der Waals surface area contributed by atoms with Crippen molar-refractivity contribution in [3.63, 3.8) is 0 Å². The number of thioether (sulfide) groups is 1. The normalized spacial score (nSPS) is 17.8. The molecule has 106 valence electrons. The molecular weight excluding hydrogens is 276 g/mol. The van der Waals surface area contributed by atoms with Crippen LogP contribution in [0.4, 0.5) is 0 Å². The summed E-state index contributed by atoms with van der Waals surface area (Å²) < 4.78 is 0. The predicted molar refractivity (Wildman–Crippen MR) is 77.4 cm³/mol. The van der Waals surface area contributed by atoms with Crippen LogP contribution in [0.2, 0.25) is 0 Å². The van der Waals surface area contributed by atoms with Gasteiger partial charge in [0.2, 0.25) is 11.0 Å². The number of benzene rings is 1. The number of hydrogen-bond acceptors (Lipinski definition) is 4. The van der Waals surface area contributed by atoms with Crippen LogP contribution in [-0.2, 0) is 9.59 Å². The summed E-state index contributed by atoms with van der Waals surface area (Å²) in [7, 11) is 0. The Bertz CT molecular complexity index is 504. The van der Waals surface area contributed by atoms with Crippen LogP contribution in [0.1, 0.15) is 23.2 Å². The van der Waals surface area contributed by atoms with Crippen LogP contribution >= 0.6 is 11.8 Å². The van der Waals surface area contributed by atoms with Crippen molar-refractivity contribution in [1.29, 1.82) is 0 Å². The molecule has 1 aliphatic heterocycles. The van der Waals surface area contributed by atoms with Crippen LogP contribution in [0, 0.1) is 0 Å². The molecule has 0 saturated carbocycles. The lowest BCUT2D eigenvalue weighted by Gasteiger charge is -2.10. The third-order valence-corrected chi connectivity index (χ3v) is 3.95. The molecule has 0 bridgehead atoms. The van der Waals surface area contributed by atoms with Crippen molar-refractivity contribution >= 4 is 28.7 Å². The van der Waals surface area contributed by atoms with Gasteiger partial charge < -0.3 is 10.6 Å². The maximum atomic E-state index is 11.7. The Labute approximate surface area is 121 Å². The molecule has 2 amide bonds. The number of amides is 2. The van der Waals surface area contributed by atoms with Crippen molar-refractivity contribution in [3.8, 4) is 0 Å². The Morgan fingerprint density at radius 1 is 1.25 bits per heavy atom. The van der Waals surface area contributed by atoms with E-state index in [1.807, 2.05) is 6.07 Å². The van der Waals surface area contributed by atoms with Crippen molar-refractivity contribution in [1.82, 2.24) is 10.6 Å². The van der Waals surface area contributed by atoms with Gasteiger partial charge in [-0.15, -0.1) is 0 Å². The van der Waals surface area contributed by atoms with Gasteiger partial charge in [-0.1, -0.05) is 30.0 Å². The Morgan fingerprint density at radius 3 is 2.65 bits per heavy atom. The van der Waals surface area contributed by atoms with Gasteiger partial charge in [0.25, 0.3) is 5.91 Å². The number of carbonyl (C=O) groups is 3. The van der Waals surface area contributed by atoms with Gasteiger partial charge in [-0.25, -0.2) is 0 Å².